The standard InChI is InChI=1S/C12H6Cl3NO2/c13-9-5-1-3-7(11(9)15)8-4-2-6-10(14)12(8)16(17)18/h1-6H. The predicted octanol–water partition coefficient (Wildman–Crippen LogP) is 5.22. The van der Waals surface area contributed by atoms with Crippen molar-refractivity contribution in [2.45, 2.75) is 0 Å². The fourth-order valence-corrected chi connectivity index (χ4v) is 2.28. The van der Waals surface area contributed by atoms with Gasteiger partial charge in [-0.1, -0.05) is 53.0 Å². The number of benzene rings is 2. The summed E-state index contributed by atoms with van der Waals surface area (Å²) >= 11 is 17.8. The molecule has 0 heterocycles. The van der Waals surface area contributed by atoms with E-state index in [1.54, 1.807) is 30.3 Å². The van der Waals surface area contributed by atoms with Gasteiger partial charge in [-0.2, -0.15) is 0 Å². The number of hydrogen-bond acceptors (Lipinski definition) is 2. The van der Waals surface area contributed by atoms with Crippen molar-refractivity contribution in [3.63, 3.8) is 0 Å². The molecule has 92 valence electrons. The highest BCUT2D eigenvalue weighted by atomic mass is 35.5. The molecule has 18 heavy (non-hydrogen) atoms. The second-order valence-electron chi connectivity index (χ2n) is 3.49. The van der Waals surface area contributed by atoms with E-state index in [0.29, 0.717) is 16.1 Å². The summed E-state index contributed by atoms with van der Waals surface area (Å²) in [4.78, 5) is 10.5. The Kier molecular flexibility index (Phi) is 3.76. The molecule has 3 nitrogen and oxygen atoms in total. The highest BCUT2D eigenvalue weighted by Crippen LogP contribution is 2.40. The lowest BCUT2D eigenvalue weighted by Gasteiger charge is -2.07. The first-order chi connectivity index (χ1) is 8.52. The molecule has 0 radical (unpaired) electrons. The summed E-state index contributed by atoms with van der Waals surface area (Å²) in [5.74, 6) is 0. The van der Waals surface area contributed by atoms with Crippen LogP contribution in [0.25, 0.3) is 11.1 Å². The van der Waals surface area contributed by atoms with Gasteiger partial charge in [-0.15, -0.1) is 0 Å². The van der Waals surface area contributed by atoms with Crippen LogP contribution in [0.4, 0.5) is 5.69 Å². The molecule has 0 unspecified atom stereocenters. The lowest BCUT2D eigenvalue weighted by atomic mass is 10.0. The van der Waals surface area contributed by atoms with Crippen LogP contribution in [0.1, 0.15) is 0 Å². The highest BCUT2D eigenvalue weighted by molar-refractivity contribution is 6.44. The molecule has 0 aliphatic carbocycles. The molecule has 0 saturated heterocycles. The van der Waals surface area contributed by atoms with Crippen molar-refractivity contribution in [2.24, 2.45) is 0 Å². The molecule has 2 rings (SSSR count). The molecular formula is C12H6Cl3NO2. The van der Waals surface area contributed by atoms with Gasteiger partial charge in [-0.3, -0.25) is 10.1 Å². The molecule has 2 aromatic carbocycles. The quantitative estimate of drug-likeness (QED) is 0.563. The van der Waals surface area contributed by atoms with Gasteiger partial charge in [0.1, 0.15) is 5.02 Å². The minimum atomic E-state index is -0.533. The summed E-state index contributed by atoms with van der Waals surface area (Å²) < 4.78 is 0. The van der Waals surface area contributed by atoms with Crippen LogP contribution in [0.15, 0.2) is 36.4 Å². The van der Waals surface area contributed by atoms with Crippen LogP contribution in [0.3, 0.4) is 0 Å². The molecule has 0 aliphatic heterocycles. The van der Waals surface area contributed by atoms with Crippen LogP contribution < -0.4 is 0 Å². The van der Waals surface area contributed by atoms with Crippen molar-refractivity contribution >= 4 is 40.5 Å². The number of para-hydroxylation sites is 1. The minimum absolute atomic E-state index is 0.0635. The van der Waals surface area contributed by atoms with E-state index in [4.69, 9.17) is 34.8 Å². The van der Waals surface area contributed by atoms with Gasteiger partial charge in [-0.05, 0) is 18.2 Å². The van der Waals surface area contributed by atoms with Crippen molar-refractivity contribution in [2.75, 3.05) is 0 Å². The average molecular weight is 303 g/mol. The number of halogens is 3. The van der Waals surface area contributed by atoms with E-state index in [2.05, 4.69) is 0 Å². The van der Waals surface area contributed by atoms with Gasteiger partial charge in [0.25, 0.3) is 5.69 Å². The molecule has 0 aliphatic rings. The number of nitro benzene ring substituents is 1. The maximum atomic E-state index is 11.1. The van der Waals surface area contributed by atoms with Crippen LogP contribution in [0.2, 0.25) is 15.1 Å². The zero-order valence-electron chi connectivity index (χ0n) is 8.86. The molecule has 0 saturated carbocycles. The molecular weight excluding hydrogens is 296 g/mol. The summed E-state index contributed by atoms with van der Waals surface area (Å²) in [6, 6.07) is 9.62. The predicted molar refractivity (Wildman–Crippen MR) is 73.6 cm³/mol. The van der Waals surface area contributed by atoms with E-state index in [1.807, 2.05) is 0 Å². The van der Waals surface area contributed by atoms with Crippen molar-refractivity contribution in [3.05, 3.63) is 61.6 Å². The largest absolute Gasteiger partial charge is 0.295 e. The second-order valence-corrected chi connectivity index (χ2v) is 4.69. The Morgan fingerprint density at radius 1 is 0.889 bits per heavy atom. The highest BCUT2D eigenvalue weighted by Gasteiger charge is 2.21. The van der Waals surface area contributed by atoms with E-state index < -0.39 is 4.92 Å². The Hall–Kier alpha value is -1.29. The van der Waals surface area contributed by atoms with E-state index in [0.717, 1.165) is 0 Å². The van der Waals surface area contributed by atoms with Gasteiger partial charge < -0.3 is 0 Å². The third-order valence-electron chi connectivity index (χ3n) is 2.41. The summed E-state index contributed by atoms with van der Waals surface area (Å²) in [6.07, 6.45) is 0. The average Bonchev–Trinajstić information content (AvgIpc) is 2.32. The van der Waals surface area contributed by atoms with Crippen LogP contribution in [-0.4, -0.2) is 4.92 Å². The smallest absolute Gasteiger partial charge is 0.258 e. The van der Waals surface area contributed by atoms with E-state index in [9.17, 15) is 10.1 Å². The molecule has 0 spiro atoms. The Morgan fingerprint density at radius 3 is 2.06 bits per heavy atom. The van der Waals surface area contributed by atoms with Crippen LogP contribution in [0.5, 0.6) is 0 Å². The lowest BCUT2D eigenvalue weighted by Crippen LogP contribution is -1.93. The van der Waals surface area contributed by atoms with Crippen LogP contribution >= 0.6 is 34.8 Å². The van der Waals surface area contributed by atoms with Crippen molar-refractivity contribution in [1.82, 2.24) is 0 Å². The maximum Gasteiger partial charge on any atom is 0.295 e. The molecule has 0 atom stereocenters. The first-order valence-corrected chi connectivity index (χ1v) is 6.03. The first kappa shape index (κ1) is 13.1. The third-order valence-corrected chi connectivity index (χ3v) is 3.54. The summed E-state index contributed by atoms with van der Waals surface area (Å²) in [6.45, 7) is 0. The van der Waals surface area contributed by atoms with E-state index in [-0.39, 0.29) is 15.7 Å². The molecule has 0 fully saturated rings. The molecule has 0 aromatic heterocycles. The first-order valence-electron chi connectivity index (χ1n) is 4.89. The van der Waals surface area contributed by atoms with Crippen LogP contribution in [-0.2, 0) is 0 Å². The van der Waals surface area contributed by atoms with Gasteiger partial charge in [0.2, 0.25) is 0 Å². The zero-order chi connectivity index (χ0) is 13.3. The third kappa shape index (κ3) is 2.29. The Labute approximate surface area is 118 Å². The van der Waals surface area contributed by atoms with E-state index >= 15 is 0 Å². The number of hydrogen-bond donors (Lipinski definition) is 0. The monoisotopic (exact) mass is 301 g/mol. The van der Waals surface area contributed by atoms with Gasteiger partial charge in [-0.25, -0.2) is 0 Å². The van der Waals surface area contributed by atoms with E-state index in [1.165, 1.54) is 6.07 Å². The van der Waals surface area contributed by atoms with Crippen molar-refractivity contribution in [3.8, 4) is 11.1 Å². The topological polar surface area (TPSA) is 43.1 Å². The van der Waals surface area contributed by atoms with Gasteiger partial charge >= 0.3 is 0 Å². The molecule has 6 heteroatoms. The molecule has 0 amide bonds. The van der Waals surface area contributed by atoms with Gasteiger partial charge in [0.05, 0.1) is 20.5 Å². The number of rotatable bonds is 2. The Bertz CT molecular complexity index is 629. The normalized spacial score (nSPS) is 10.4. The molecule has 0 N–H and O–H groups in total. The Morgan fingerprint density at radius 2 is 1.44 bits per heavy atom. The minimum Gasteiger partial charge on any atom is -0.258 e. The SMILES string of the molecule is O=[N+]([O-])c1c(Cl)cccc1-c1cccc(Cl)c1Cl. The van der Waals surface area contributed by atoms with Crippen LogP contribution in [0, 0.1) is 10.1 Å². The Balaban J connectivity index is 2.75. The maximum absolute atomic E-state index is 11.1. The summed E-state index contributed by atoms with van der Waals surface area (Å²) in [5, 5.41) is 11.7. The zero-order valence-corrected chi connectivity index (χ0v) is 11.1. The number of nitro groups is 1. The lowest BCUT2D eigenvalue weighted by molar-refractivity contribution is -0.384. The molecule has 0 bridgehead atoms. The summed E-state index contributed by atoms with van der Waals surface area (Å²) in [7, 11) is 0. The van der Waals surface area contributed by atoms with Crippen molar-refractivity contribution < 1.29 is 4.92 Å². The van der Waals surface area contributed by atoms with Gasteiger partial charge in [0, 0.05) is 5.56 Å². The molecule has 2 aromatic rings. The summed E-state index contributed by atoms with van der Waals surface area (Å²) in [5.41, 5.74) is 0.654. The second kappa shape index (κ2) is 5.14. The van der Waals surface area contributed by atoms with Crippen molar-refractivity contribution in [1.29, 1.82) is 0 Å². The number of nitrogens with zero attached hydrogens (tertiary/aromatic N) is 1. The fraction of sp³-hybridized carbons (Fsp3) is 0. The fourth-order valence-electron chi connectivity index (χ4n) is 1.63. The van der Waals surface area contributed by atoms with Gasteiger partial charge in [0.15, 0.2) is 0 Å².